The summed E-state index contributed by atoms with van der Waals surface area (Å²) in [5.41, 5.74) is 2.65. The highest BCUT2D eigenvalue weighted by Gasteiger charge is 2.06. The minimum atomic E-state index is -0.0890. The van der Waals surface area contributed by atoms with Crippen LogP contribution in [0.2, 0.25) is 0 Å². The maximum atomic E-state index is 12.1. The molecule has 0 aliphatic rings. The van der Waals surface area contributed by atoms with Gasteiger partial charge in [-0.25, -0.2) is 0 Å². The SMILES string of the molecule is COc1ccccc1CNC(=O)CNc1cccc2cccnc12. The van der Waals surface area contributed by atoms with Crippen molar-refractivity contribution in [2.75, 3.05) is 19.0 Å². The van der Waals surface area contributed by atoms with Crippen LogP contribution in [-0.4, -0.2) is 24.5 Å². The first-order valence-corrected chi connectivity index (χ1v) is 7.74. The van der Waals surface area contributed by atoms with Gasteiger partial charge in [-0.3, -0.25) is 9.78 Å². The fourth-order valence-corrected chi connectivity index (χ4v) is 2.53. The zero-order valence-electron chi connectivity index (χ0n) is 13.5. The summed E-state index contributed by atoms with van der Waals surface area (Å²) in [7, 11) is 1.62. The standard InChI is InChI=1S/C19H19N3O2/c1-24-17-10-3-2-6-15(17)12-22-18(23)13-21-16-9-4-7-14-8-5-11-20-19(14)16/h2-11,21H,12-13H2,1H3,(H,22,23). The van der Waals surface area contributed by atoms with Crippen LogP contribution in [0.25, 0.3) is 10.9 Å². The zero-order chi connectivity index (χ0) is 16.8. The highest BCUT2D eigenvalue weighted by molar-refractivity contribution is 5.92. The van der Waals surface area contributed by atoms with Crippen LogP contribution in [-0.2, 0) is 11.3 Å². The molecule has 0 unspecified atom stereocenters. The lowest BCUT2D eigenvalue weighted by molar-refractivity contribution is -0.119. The summed E-state index contributed by atoms with van der Waals surface area (Å²) >= 11 is 0. The highest BCUT2D eigenvalue weighted by atomic mass is 16.5. The largest absolute Gasteiger partial charge is 0.496 e. The van der Waals surface area contributed by atoms with E-state index in [4.69, 9.17) is 4.74 Å². The first kappa shape index (κ1) is 15.8. The number of methoxy groups -OCH3 is 1. The second-order valence-corrected chi connectivity index (χ2v) is 5.32. The van der Waals surface area contributed by atoms with Crippen molar-refractivity contribution >= 4 is 22.5 Å². The van der Waals surface area contributed by atoms with Crippen molar-refractivity contribution in [3.63, 3.8) is 0 Å². The van der Waals surface area contributed by atoms with Gasteiger partial charge in [0.1, 0.15) is 5.75 Å². The monoisotopic (exact) mass is 321 g/mol. The van der Waals surface area contributed by atoms with Crippen LogP contribution in [0.5, 0.6) is 5.75 Å². The third-order valence-corrected chi connectivity index (χ3v) is 3.74. The van der Waals surface area contributed by atoms with Gasteiger partial charge >= 0.3 is 0 Å². The van der Waals surface area contributed by atoms with Crippen molar-refractivity contribution in [2.24, 2.45) is 0 Å². The molecule has 3 rings (SSSR count). The Balaban J connectivity index is 1.59. The molecule has 0 fully saturated rings. The second-order valence-electron chi connectivity index (χ2n) is 5.32. The first-order chi connectivity index (χ1) is 11.8. The molecule has 0 saturated carbocycles. The van der Waals surface area contributed by atoms with E-state index < -0.39 is 0 Å². The molecule has 2 aromatic carbocycles. The highest BCUT2D eigenvalue weighted by Crippen LogP contribution is 2.20. The molecule has 5 heteroatoms. The molecule has 0 spiro atoms. The first-order valence-electron chi connectivity index (χ1n) is 7.74. The van der Waals surface area contributed by atoms with Gasteiger partial charge in [0.15, 0.2) is 0 Å². The molecule has 0 atom stereocenters. The number of para-hydroxylation sites is 2. The van der Waals surface area contributed by atoms with Gasteiger partial charge < -0.3 is 15.4 Å². The maximum Gasteiger partial charge on any atom is 0.239 e. The van der Waals surface area contributed by atoms with Crippen LogP contribution in [0.1, 0.15) is 5.56 Å². The number of carbonyl (C=O) groups is 1. The Morgan fingerprint density at radius 2 is 1.92 bits per heavy atom. The molecule has 1 heterocycles. The Morgan fingerprint density at radius 3 is 2.79 bits per heavy atom. The lowest BCUT2D eigenvalue weighted by Crippen LogP contribution is -2.29. The van der Waals surface area contributed by atoms with Crippen LogP contribution in [0, 0.1) is 0 Å². The quantitative estimate of drug-likeness (QED) is 0.733. The molecule has 3 aromatic rings. The van der Waals surface area contributed by atoms with E-state index in [2.05, 4.69) is 15.6 Å². The number of ether oxygens (including phenoxy) is 1. The predicted octanol–water partition coefficient (Wildman–Crippen LogP) is 2.97. The van der Waals surface area contributed by atoms with Gasteiger partial charge in [0, 0.05) is 23.7 Å². The third-order valence-electron chi connectivity index (χ3n) is 3.74. The molecule has 0 radical (unpaired) electrons. The molecule has 1 aromatic heterocycles. The number of amides is 1. The Hall–Kier alpha value is -3.08. The number of nitrogens with one attached hydrogen (secondary N) is 2. The number of hydrogen-bond acceptors (Lipinski definition) is 4. The Morgan fingerprint density at radius 1 is 1.08 bits per heavy atom. The number of hydrogen-bond donors (Lipinski definition) is 2. The van der Waals surface area contributed by atoms with Crippen molar-refractivity contribution in [2.45, 2.75) is 6.54 Å². The molecule has 0 bridgehead atoms. The fourth-order valence-electron chi connectivity index (χ4n) is 2.53. The number of fused-ring (bicyclic) bond motifs is 1. The topological polar surface area (TPSA) is 63.2 Å². The van der Waals surface area contributed by atoms with Gasteiger partial charge in [-0.05, 0) is 18.2 Å². The van der Waals surface area contributed by atoms with Gasteiger partial charge in [-0.1, -0.05) is 36.4 Å². The van der Waals surface area contributed by atoms with Crippen molar-refractivity contribution < 1.29 is 9.53 Å². The number of benzene rings is 2. The molecule has 24 heavy (non-hydrogen) atoms. The molecular weight excluding hydrogens is 302 g/mol. The van der Waals surface area contributed by atoms with E-state index in [0.717, 1.165) is 27.9 Å². The summed E-state index contributed by atoms with van der Waals surface area (Å²) in [6.07, 6.45) is 1.75. The summed E-state index contributed by atoms with van der Waals surface area (Å²) in [5, 5.41) is 7.08. The molecule has 122 valence electrons. The van der Waals surface area contributed by atoms with Gasteiger partial charge in [-0.2, -0.15) is 0 Å². The normalized spacial score (nSPS) is 10.4. The zero-order valence-corrected chi connectivity index (χ0v) is 13.5. The number of rotatable bonds is 6. The van der Waals surface area contributed by atoms with E-state index in [0.29, 0.717) is 6.54 Å². The van der Waals surface area contributed by atoms with E-state index in [9.17, 15) is 4.79 Å². The van der Waals surface area contributed by atoms with E-state index >= 15 is 0 Å². The van der Waals surface area contributed by atoms with Crippen LogP contribution in [0.15, 0.2) is 60.8 Å². The van der Waals surface area contributed by atoms with E-state index in [1.54, 1.807) is 13.3 Å². The average Bonchev–Trinajstić information content (AvgIpc) is 2.64. The van der Waals surface area contributed by atoms with Crippen LogP contribution >= 0.6 is 0 Å². The van der Waals surface area contributed by atoms with Crippen LogP contribution in [0.4, 0.5) is 5.69 Å². The molecule has 2 N–H and O–H groups in total. The number of pyridine rings is 1. The maximum absolute atomic E-state index is 12.1. The van der Waals surface area contributed by atoms with Crippen molar-refractivity contribution in [1.29, 1.82) is 0 Å². The third kappa shape index (κ3) is 3.63. The summed E-state index contributed by atoms with van der Waals surface area (Å²) in [6, 6.07) is 17.4. The fraction of sp³-hybridized carbons (Fsp3) is 0.158. The van der Waals surface area contributed by atoms with E-state index in [1.807, 2.05) is 54.6 Å². The lowest BCUT2D eigenvalue weighted by atomic mass is 10.2. The number of nitrogens with zero attached hydrogens (tertiary/aromatic N) is 1. The molecule has 0 aliphatic carbocycles. The minimum absolute atomic E-state index is 0.0890. The molecule has 0 aliphatic heterocycles. The summed E-state index contributed by atoms with van der Waals surface area (Å²) < 4.78 is 5.28. The van der Waals surface area contributed by atoms with Crippen LogP contribution in [0.3, 0.4) is 0 Å². The molecule has 5 nitrogen and oxygen atoms in total. The summed E-state index contributed by atoms with van der Waals surface area (Å²) in [4.78, 5) is 16.5. The summed E-state index contributed by atoms with van der Waals surface area (Å²) in [6.45, 7) is 0.614. The Bertz CT molecular complexity index is 843. The van der Waals surface area contributed by atoms with Gasteiger partial charge in [0.25, 0.3) is 0 Å². The van der Waals surface area contributed by atoms with Crippen molar-refractivity contribution in [1.82, 2.24) is 10.3 Å². The lowest BCUT2D eigenvalue weighted by Gasteiger charge is -2.11. The van der Waals surface area contributed by atoms with E-state index in [-0.39, 0.29) is 12.5 Å². The molecule has 0 saturated heterocycles. The Kier molecular flexibility index (Phi) is 4.91. The van der Waals surface area contributed by atoms with Crippen LogP contribution < -0.4 is 15.4 Å². The van der Waals surface area contributed by atoms with E-state index in [1.165, 1.54) is 0 Å². The van der Waals surface area contributed by atoms with Gasteiger partial charge in [-0.15, -0.1) is 0 Å². The van der Waals surface area contributed by atoms with Crippen molar-refractivity contribution in [3.05, 3.63) is 66.4 Å². The number of aromatic nitrogens is 1. The van der Waals surface area contributed by atoms with Crippen molar-refractivity contribution in [3.8, 4) is 5.75 Å². The molecular formula is C19H19N3O2. The summed E-state index contributed by atoms with van der Waals surface area (Å²) in [5.74, 6) is 0.679. The smallest absolute Gasteiger partial charge is 0.239 e. The average molecular weight is 321 g/mol. The second kappa shape index (κ2) is 7.46. The van der Waals surface area contributed by atoms with Gasteiger partial charge in [0.2, 0.25) is 5.91 Å². The molecule has 1 amide bonds. The predicted molar refractivity (Wildman–Crippen MR) is 95.1 cm³/mol. The Labute approximate surface area is 140 Å². The minimum Gasteiger partial charge on any atom is -0.496 e. The number of carbonyl (C=O) groups excluding carboxylic acids is 1. The number of anilines is 1. The van der Waals surface area contributed by atoms with Gasteiger partial charge in [0.05, 0.1) is 24.9 Å².